The molecule has 0 heterocycles. The molecule has 0 aromatic carbocycles. The molecule has 1 nitrogen and oxygen atoms in total. The van der Waals surface area contributed by atoms with E-state index in [0.29, 0.717) is 16.9 Å². The first-order valence-corrected chi connectivity index (χ1v) is 7.69. The van der Waals surface area contributed by atoms with Crippen molar-refractivity contribution in [1.82, 2.24) is 0 Å². The molecule has 0 saturated heterocycles. The summed E-state index contributed by atoms with van der Waals surface area (Å²) in [7, 11) is 0. The van der Waals surface area contributed by atoms with Gasteiger partial charge in [0.15, 0.2) is 0 Å². The van der Waals surface area contributed by atoms with Crippen molar-refractivity contribution in [3.8, 4) is 0 Å². The van der Waals surface area contributed by atoms with Crippen molar-refractivity contribution in [2.24, 2.45) is 22.5 Å². The zero-order valence-corrected chi connectivity index (χ0v) is 12.1. The van der Waals surface area contributed by atoms with Crippen LogP contribution >= 0.6 is 0 Å². The zero-order chi connectivity index (χ0) is 12.5. The predicted octanol–water partition coefficient (Wildman–Crippen LogP) is 4.50. The Morgan fingerprint density at radius 3 is 2.00 bits per heavy atom. The summed E-state index contributed by atoms with van der Waals surface area (Å²) >= 11 is 0. The minimum Gasteiger partial charge on any atom is -0.327 e. The highest BCUT2D eigenvalue weighted by molar-refractivity contribution is 5.01. The van der Waals surface area contributed by atoms with E-state index in [1.54, 1.807) is 0 Å². The standard InChI is InChI=1S/C16H31N/c1-15(2)8-5-4-6-10-16(3,11-7-9-15)13-12-14(13)17/h13-14H,4-12,17H2,1-3H3. The summed E-state index contributed by atoms with van der Waals surface area (Å²) in [5.41, 5.74) is 7.23. The van der Waals surface area contributed by atoms with E-state index in [0.717, 1.165) is 5.92 Å². The molecule has 3 atom stereocenters. The van der Waals surface area contributed by atoms with E-state index in [-0.39, 0.29) is 0 Å². The van der Waals surface area contributed by atoms with Gasteiger partial charge in [-0.15, -0.1) is 0 Å². The second-order valence-corrected chi connectivity index (χ2v) is 7.74. The number of hydrogen-bond acceptors (Lipinski definition) is 1. The van der Waals surface area contributed by atoms with Crippen molar-refractivity contribution in [2.45, 2.75) is 84.6 Å². The van der Waals surface area contributed by atoms with E-state index in [9.17, 15) is 0 Å². The Bertz CT molecular complexity index is 258. The fourth-order valence-electron chi connectivity index (χ4n) is 3.92. The molecule has 100 valence electrons. The SMILES string of the molecule is CC1(C)CCCCCC(C)(C2CC2N)CCC1. The smallest absolute Gasteiger partial charge is 0.00763 e. The third-order valence-electron chi connectivity index (χ3n) is 5.44. The van der Waals surface area contributed by atoms with E-state index in [1.807, 2.05) is 0 Å². The van der Waals surface area contributed by atoms with Crippen LogP contribution in [0.2, 0.25) is 0 Å². The third-order valence-corrected chi connectivity index (χ3v) is 5.44. The normalized spacial score (nSPS) is 43.1. The van der Waals surface area contributed by atoms with Crippen LogP contribution in [-0.4, -0.2) is 6.04 Å². The van der Waals surface area contributed by atoms with E-state index in [1.165, 1.54) is 57.8 Å². The highest BCUT2D eigenvalue weighted by Crippen LogP contribution is 2.51. The Balaban J connectivity index is 1.94. The molecule has 0 aromatic heterocycles. The highest BCUT2D eigenvalue weighted by atomic mass is 14.8. The molecule has 0 radical (unpaired) electrons. The van der Waals surface area contributed by atoms with Gasteiger partial charge in [0.25, 0.3) is 0 Å². The van der Waals surface area contributed by atoms with Crippen LogP contribution in [0.25, 0.3) is 0 Å². The lowest BCUT2D eigenvalue weighted by Crippen LogP contribution is -2.25. The fourth-order valence-corrected chi connectivity index (χ4v) is 3.92. The molecule has 0 aliphatic heterocycles. The summed E-state index contributed by atoms with van der Waals surface area (Å²) in [4.78, 5) is 0. The topological polar surface area (TPSA) is 26.0 Å². The monoisotopic (exact) mass is 237 g/mol. The summed E-state index contributed by atoms with van der Waals surface area (Å²) in [5, 5.41) is 0. The number of nitrogens with two attached hydrogens (primary N) is 1. The predicted molar refractivity (Wildman–Crippen MR) is 74.9 cm³/mol. The lowest BCUT2D eigenvalue weighted by molar-refractivity contribution is 0.175. The molecule has 2 fully saturated rings. The van der Waals surface area contributed by atoms with Gasteiger partial charge >= 0.3 is 0 Å². The van der Waals surface area contributed by atoms with Crippen LogP contribution in [0.5, 0.6) is 0 Å². The average molecular weight is 237 g/mol. The maximum absolute atomic E-state index is 6.10. The van der Waals surface area contributed by atoms with E-state index in [2.05, 4.69) is 20.8 Å². The maximum Gasteiger partial charge on any atom is 0.00763 e. The molecule has 2 aliphatic carbocycles. The van der Waals surface area contributed by atoms with Gasteiger partial charge in [-0.05, 0) is 48.9 Å². The van der Waals surface area contributed by atoms with E-state index in [4.69, 9.17) is 5.73 Å². The maximum atomic E-state index is 6.10. The van der Waals surface area contributed by atoms with Gasteiger partial charge in [-0.3, -0.25) is 0 Å². The molecular formula is C16H31N. The summed E-state index contributed by atoms with van der Waals surface area (Å²) < 4.78 is 0. The first-order chi connectivity index (χ1) is 7.93. The Labute approximate surface area is 108 Å². The molecule has 0 amide bonds. The lowest BCUT2D eigenvalue weighted by atomic mass is 9.71. The molecule has 2 N–H and O–H groups in total. The van der Waals surface area contributed by atoms with Gasteiger partial charge in [-0.2, -0.15) is 0 Å². The average Bonchev–Trinajstić information content (AvgIpc) is 2.95. The Kier molecular flexibility index (Phi) is 3.87. The molecule has 0 spiro atoms. The summed E-state index contributed by atoms with van der Waals surface area (Å²) in [6.07, 6.45) is 12.7. The molecule has 0 bridgehead atoms. The van der Waals surface area contributed by atoms with Crippen LogP contribution in [0.1, 0.15) is 78.6 Å². The van der Waals surface area contributed by atoms with Crippen molar-refractivity contribution >= 4 is 0 Å². The van der Waals surface area contributed by atoms with E-state index < -0.39 is 0 Å². The van der Waals surface area contributed by atoms with Gasteiger partial charge < -0.3 is 5.73 Å². The Hall–Kier alpha value is -0.0400. The molecule has 3 unspecified atom stereocenters. The quantitative estimate of drug-likeness (QED) is 0.714. The molecular weight excluding hydrogens is 206 g/mol. The second kappa shape index (κ2) is 4.91. The van der Waals surface area contributed by atoms with Crippen LogP contribution in [0.3, 0.4) is 0 Å². The molecule has 0 aromatic rings. The van der Waals surface area contributed by atoms with Gasteiger partial charge in [-0.1, -0.05) is 46.5 Å². The van der Waals surface area contributed by atoms with Crippen LogP contribution in [0.4, 0.5) is 0 Å². The third kappa shape index (κ3) is 3.47. The number of rotatable bonds is 1. The van der Waals surface area contributed by atoms with Crippen LogP contribution in [0.15, 0.2) is 0 Å². The molecule has 2 rings (SSSR count). The van der Waals surface area contributed by atoms with Crippen LogP contribution < -0.4 is 5.73 Å². The van der Waals surface area contributed by atoms with E-state index >= 15 is 0 Å². The molecule has 1 heteroatoms. The minimum atomic E-state index is 0.524. The lowest BCUT2D eigenvalue weighted by Gasteiger charge is -2.34. The molecule has 2 aliphatic rings. The van der Waals surface area contributed by atoms with Crippen LogP contribution in [-0.2, 0) is 0 Å². The second-order valence-electron chi connectivity index (χ2n) is 7.74. The van der Waals surface area contributed by atoms with Crippen molar-refractivity contribution in [2.75, 3.05) is 0 Å². The molecule has 17 heavy (non-hydrogen) atoms. The van der Waals surface area contributed by atoms with Gasteiger partial charge in [-0.25, -0.2) is 0 Å². The highest BCUT2D eigenvalue weighted by Gasteiger charge is 2.47. The fraction of sp³-hybridized carbons (Fsp3) is 1.00. The minimum absolute atomic E-state index is 0.524. The summed E-state index contributed by atoms with van der Waals surface area (Å²) in [5.74, 6) is 0.838. The van der Waals surface area contributed by atoms with Gasteiger partial charge in [0.1, 0.15) is 0 Å². The summed E-state index contributed by atoms with van der Waals surface area (Å²) in [6, 6.07) is 0.524. The van der Waals surface area contributed by atoms with Crippen molar-refractivity contribution in [3.63, 3.8) is 0 Å². The van der Waals surface area contributed by atoms with Crippen molar-refractivity contribution in [3.05, 3.63) is 0 Å². The summed E-state index contributed by atoms with van der Waals surface area (Å²) in [6.45, 7) is 7.42. The van der Waals surface area contributed by atoms with Gasteiger partial charge in [0, 0.05) is 6.04 Å². The Morgan fingerprint density at radius 2 is 1.35 bits per heavy atom. The Morgan fingerprint density at radius 1 is 0.824 bits per heavy atom. The first kappa shape index (κ1) is 13.4. The van der Waals surface area contributed by atoms with Gasteiger partial charge in [0.2, 0.25) is 0 Å². The van der Waals surface area contributed by atoms with Crippen molar-refractivity contribution < 1.29 is 0 Å². The van der Waals surface area contributed by atoms with Crippen molar-refractivity contribution in [1.29, 1.82) is 0 Å². The van der Waals surface area contributed by atoms with Crippen LogP contribution in [0, 0.1) is 16.7 Å². The molecule has 2 saturated carbocycles. The first-order valence-electron chi connectivity index (χ1n) is 7.69. The number of hydrogen-bond donors (Lipinski definition) is 1. The zero-order valence-electron chi connectivity index (χ0n) is 12.1. The van der Waals surface area contributed by atoms with Gasteiger partial charge in [0.05, 0.1) is 0 Å². The largest absolute Gasteiger partial charge is 0.327 e.